The van der Waals surface area contributed by atoms with Crippen LogP contribution in [0.2, 0.25) is 0 Å². The lowest BCUT2D eigenvalue weighted by Crippen LogP contribution is -2.18. The van der Waals surface area contributed by atoms with E-state index >= 15 is 0 Å². The van der Waals surface area contributed by atoms with Gasteiger partial charge in [-0.05, 0) is 95.3 Å². The standard InChI is InChI=1S/C19H18Br4NO6P/c1-3-29-31(28,30-4-2)9-10-5-7-11(8-6-10)24-18(25)12-13(19(26)27)15(21)17(23)16(22)14(12)20/h5-8H,3-4,9H2,1-2H3,(H,24,25)(H,26,27). The number of nitrogens with one attached hydrogen (secondary N) is 1. The van der Waals surface area contributed by atoms with E-state index in [0.717, 1.165) is 0 Å². The zero-order valence-electron chi connectivity index (χ0n) is 16.4. The first-order valence-corrected chi connectivity index (χ1v) is 13.8. The fraction of sp³-hybridized carbons (Fsp3) is 0.263. The molecule has 0 aliphatic carbocycles. The highest BCUT2D eigenvalue weighted by atomic mass is 79.9. The Kier molecular flexibility index (Phi) is 9.94. The van der Waals surface area contributed by atoms with E-state index in [1.165, 1.54) is 0 Å². The summed E-state index contributed by atoms with van der Waals surface area (Å²) in [7, 11) is -3.25. The maximum Gasteiger partial charge on any atom is 0.337 e. The molecule has 7 nitrogen and oxygen atoms in total. The molecule has 0 heterocycles. The van der Waals surface area contributed by atoms with E-state index in [0.29, 0.717) is 24.7 Å². The molecular formula is C19H18Br4NO6P. The molecule has 2 N–H and O–H groups in total. The average Bonchev–Trinajstić information content (AvgIpc) is 2.70. The van der Waals surface area contributed by atoms with Crippen LogP contribution in [-0.4, -0.2) is 30.2 Å². The predicted octanol–water partition coefficient (Wildman–Crippen LogP) is 7.45. The van der Waals surface area contributed by atoms with Crippen molar-refractivity contribution in [2.24, 2.45) is 0 Å². The lowest BCUT2D eigenvalue weighted by Gasteiger charge is -2.17. The number of amides is 1. The van der Waals surface area contributed by atoms with Crippen LogP contribution in [0.25, 0.3) is 0 Å². The Morgan fingerprint density at radius 1 is 0.903 bits per heavy atom. The van der Waals surface area contributed by atoms with Crippen LogP contribution < -0.4 is 5.32 Å². The Bertz CT molecular complexity index is 1030. The van der Waals surface area contributed by atoms with Crippen molar-refractivity contribution in [2.45, 2.75) is 20.0 Å². The van der Waals surface area contributed by atoms with E-state index in [-0.39, 0.29) is 35.0 Å². The number of hydrogen-bond donors (Lipinski definition) is 2. The number of carboxylic acid groups (broad SMARTS) is 1. The second-order valence-corrected chi connectivity index (χ2v) is 11.3. The van der Waals surface area contributed by atoms with Gasteiger partial charge in [-0.3, -0.25) is 9.36 Å². The quantitative estimate of drug-likeness (QED) is 0.160. The number of halogens is 4. The average molecular weight is 707 g/mol. The van der Waals surface area contributed by atoms with Crippen molar-refractivity contribution in [1.29, 1.82) is 0 Å². The van der Waals surface area contributed by atoms with Crippen molar-refractivity contribution in [3.05, 3.63) is 58.8 Å². The van der Waals surface area contributed by atoms with E-state index < -0.39 is 19.5 Å². The monoisotopic (exact) mass is 703 g/mol. The van der Waals surface area contributed by atoms with Crippen LogP contribution >= 0.6 is 71.3 Å². The molecule has 1 amide bonds. The Balaban J connectivity index is 2.30. The Morgan fingerprint density at radius 3 is 1.84 bits per heavy atom. The summed E-state index contributed by atoms with van der Waals surface area (Å²) in [6.07, 6.45) is 0.101. The van der Waals surface area contributed by atoms with Crippen LogP contribution in [0.1, 0.15) is 40.1 Å². The fourth-order valence-electron chi connectivity index (χ4n) is 2.68. The molecular weight excluding hydrogens is 689 g/mol. The molecule has 31 heavy (non-hydrogen) atoms. The van der Waals surface area contributed by atoms with Gasteiger partial charge in [-0.15, -0.1) is 0 Å². The van der Waals surface area contributed by atoms with E-state index in [9.17, 15) is 19.3 Å². The van der Waals surface area contributed by atoms with Crippen LogP contribution in [-0.2, 0) is 19.8 Å². The Hall–Kier alpha value is -0.550. The fourth-order valence-corrected chi connectivity index (χ4v) is 6.85. The lowest BCUT2D eigenvalue weighted by atomic mass is 10.1. The topological polar surface area (TPSA) is 102 Å². The Labute approximate surface area is 213 Å². The van der Waals surface area contributed by atoms with Crippen molar-refractivity contribution in [1.82, 2.24) is 0 Å². The molecule has 0 spiro atoms. The van der Waals surface area contributed by atoms with Crippen molar-refractivity contribution < 1.29 is 28.3 Å². The van der Waals surface area contributed by atoms with Crippen LogP contribution in [0.15, 0.2) is 42.2 Å². The Morgan fingerprint density at radius 2 is 1.39 bits per heavy atom. The minimum atomic E-state index is -3.25. The maximum atomic E-state index is 12.9. The highest BCUT2D eigenvalue weighted by Gasteiger charge is 2.28. The van der Waals surface area contributed by atoms with Gasteiger partial charge in [0.2, 0.25) is 0 Å². The van der Waals surface area contributed by atoms with E-state index in [1.54, 1.807) is 38.1 Å². The molecule has 0 saturated heterocycles. The van der Waals surface area contributed by atoms with Gasteiger partial charge in [0.25, 0.3) is 5.91 Å². The minimum Gasteiger partial charge on any atom is -0.478 e. The van der Waals surface area contributed by atoms with Crippen molar-refractivity contribution >= 4 is 88.9 Å². The maximum absolute atomic E-state index is 12.9. The molecule has 2 rings (SSSR count). The molecule has 0 bridgehead atoms. The molecule has 0 fully saturated rings. The summed E-state index contributed by atoms with van der Waals surface area (Å²) in [5.74, 6) is -1.87. The number of benzene rings is 2. The molecule has 2 aromatic carbocycles. The van der Waals surface area contributed by atoms with Crippen LogP contribution in [0.4, 0.5) is 5.69 Å². The van der Waals surface area contributed by atoms with E-state index in [2.05, 4.69) is 69.0 Å². The van der Waals surface area contributed by atoms with Gasteiger partial charge in [0.15, 0.2) is 0 Å². The summed E-state index contributed by atoms with van der Waals surface area (Å²) in [6.45, 7) is 4.02. The molecule has 0 atom stereocenters. The predicted molar refractivity (Wildman–Crippen MR) is 133 cm³/mol. The minimum absolute atomic E-state index is 0.0456. The molecule has 12 heteroatoms. The summed E-state index contributed by atoms with van der Waals surface area (Å²) in [5.41, 5.74) is 0.917. The van der Waals surface area contributed by atoms with E-state index in [4.69, 9.17) is 9.05 Å². The van der Waals surface area contributed by atoms with Gasteiger partial charge >= 0.3 is 13.6 Å². The van der Waals surface area contributed by atoms with Crippen molar-refractivity contribution in [2.75, 3.05) is 18.5 Å². The summed E-state index contributed by atoms with van der Waals surface area (Å²) in [5, 5.41) is 12.3. The van der Waals surface area contributed by atoms with Crippen molar-refractivity contribution in [3.8, 4) is 0 Å². The van der Waals surface area contributed by atoms with Crippen LogP contribution in [0, 0.1) is 0 Å². The summed E-state index contributed by atoms with van der Waals surface area (Å²) in [6, 6.07) is 6.65. The van der Waals surface area contributed by atoms with Gasteiger partial charge in [0.1, 0.15) is 0 Å². The number of aromatic carboxylic acids is 1. The first-order chi connectivity index (χ1) is 14.5. The molecule has 2 aromatic rings. The summed E-state index contributed by atoms with van der Waals surface area (Å²) in [4.78, 5) is 24.7. The highest BCUT2D eigenvalue weighted by molar-refractivity contribution is 9.15. The molecule has 168 valence electrons. The van der Waals surface area contributed by atoms with Gasteiger partial charge < -0.3 is 19.5 Å². The zero-order chi connectivity index (χ0) is 23.3. The first kappa shape index (κ1) is 26.7. The molecule has 0 aliphatic rings. The largest absolute Gasteiger partial charge is 0.478 e. The zero-order valence-corrected chi connectivity index (χ0v) is 23.6. The second kappa shape index (κ2) is 11.5. The number of rotatable bonds is 9. The molecule has 0 aliphatic heterocycles. The van der Waals surface area contributed by atoms with Gasteiger partial charge in [-0.2, -0.15) is 0 Å². The highest BCUT2D eigenvalue weighted by Crippen LogP contribution is 2.51. The van der Waals surface area contributed by atoms with Gasteiger partial charge in [0, 0.05) is 23.6 Å². The number of carbonyl (C=O) groups excluding carboxylic acids is 1. The van der Waals surface area contributed by atoms with Gasteiger partial charge in [0.05, 0.1) is 30.5 Å². The number of anilines is 1. The second-order valence-electron chi connectivity index (χ2n) is 6.07. The summed E-state index contributed by atoms with van der Waals surface area (Å²) < 4.78 is 24.8. The number of hydrogen-bond acceptors (Lipinski definition) is 5. The van der Waals surface area contributed by atoms with E-state index in [1.807, 2.05) is 0 Å². The lowest BCUT2D eigenvalue weighted by molar-refractivity contribution is 0.0691. The SMILES string of the molecule is CCOP(=O)(Cc1ccc(NC(=O)c2c(Br)c(Br)c(Br)c(Br)c2C(=O)O)cc1)OCC. The van der Waals surface area contributed by atoms with Crippen molar-refractivity contribution in [3.63, 3.8) is 0 Å². The number of carboxylic acids is 1. The normalized spacial score (nSPS) is 11.4. The van der Waals surface area contributed by atoms with Crippen LogP contribution in [0.5, 0.6) is 0 Å². The third kappa shape index (κ3) is 6.50. The molecule has 0 aromatic heterocycles. The van der Waals surface area contributed by atoms with Gasteiger partial charge in [-0.25, -0.2) is 4.79 Å². The first-order valence-electron chi connectivity index (χ1n) is 8.92. The summed E-state index contributed by atoms with van der Waals surface area (Å²) >= 11 is 13.1. The smallest absolute Gasteiger partial charge is 0.337 e. The number of carbonyl (C=O) groups is 2. The molecule has 0 saturated carbocycles. The van der Waals surface area contributed by atoms with Crippen LogP contribution in [0.3, 0.4) is 0 Å². The molecule has 0 radical (unpaired) electrons. The van der Waals surface area contributed by atoms with Gasteiger partial charge in [-0.1, -0.05) is 12.1 Å². The third-order valence-electron chi connectivity index (χ3n) is 3.95. The molecule has 0 unspecified atom stereocenters. The third-order valence-corrected chi connectivity index (χ3v) is 10.8.